The summed E-state index contributed by atoms with van der Waals surface area (Å²) in [5.74, 6) is 0.982. The average Bonchev–Trinajstić information content (AvgIpc) is 3.05. The monoisotopic (exact) mass is 299 g/mol. The molecule has 0 unspecified atom stereocenters. The van der Waals surface area contributed by atoms with E-state index in [0.717, 1.165) is 42.5 Å². The normalized spacial score (nSPS) is 28.1. The fourth-order valence-electron chi connectivity index (χ4n) is 3.90. The van der Waals surface area contributed by atoms with Crippen LogP contribution in [-0.2, 0) is 4.74 Å². The maximum Gasteiger partial charge on any atom is 0.289 e. The van der Waals surface area contributed by atoms with E-state index in [4.69, 9.17) is 9.15 Å². The molecule has 1 aromatic heterocycles. The maximum absolute atomic E-state index is 12.9. The Morgan fingerprint density at radius 1 is 1.32 bits per heavy atom. The van der Waals surface area contributed by atoms with Gasteiger partial charge in [0.25, 0.3) is 5.91 Å². The number of furan rings is 1. The molecule has 3 atom stereocenters. The first-order valence-corrected chi connectivity index (χ1v) is 8.06. The maximum atomic E-state index is 12.9. The lowest BCUT2D eigenvalue weighted by Gasteiger charge is -2.33. The Bertz CT molecular complexity index is 720. The molecule has 116 valence electrons. The minimum atomic E-state index is 0.0201. The number of hydrogen-bond acceptors (Lipinski definition) is 3. The number of fused-ring (bicyclic) bond motifs is 2. The van der Waals surface area contributed by atoms with Gasteiger partial charge in [-0.1, -0.05) is 18.2 Å². The second-order valence-corrected chi connectivity index (χ2v) is 6.57. The zero-order valence-corrected chi connectivity index (χ0v) is 13.0. The molecule has 4 rings (SSSR count). The van der Waals surface area contributed by atoms with Crippen LogP contribution in [-0.4, -0.2) is 36.1 Å². The molecule has 0 radical (unpaired) electrons. The minimum absolute atomic E-state index is 0.0201. The summed E-state index contributed by atoms with van der Waals surface area (Å²) in [6.07, 6.45) is 2.63. The molecule has 0 bridgehead atoms. The van der Waals surface area contributed by atoms with Crippen LogP contribution < -0.4 is 0 Å². The van der Waals surface area contributed by atoms with Gasteiger partial charge < -0.3 is 14.1 Å². The van der Waals surface area contributed by atoms with E-state index in [1.54, 1.807) is 0 Å². The molecule has 1 aromatic carbocycles. The van der Waals surface area contributed by atoms with E-state index >= 15 is 0 Å². The van der Waals surface area contributed by atoms with Crippen molar-refractivity contribution >= 4 is 16.9 Å². The number of benzene rings is 1. The van der Waals surface area contributed by atoms with Crippen molar-refractivity contribution in [1.82, 2.24) is 4.90 Å². The van der Waals surface area contributed by atoms with Gasteiger partial charge in [0.15, 0.2) is 5.76 Å². The van der Waals surface area contributed by atoms with Gasteiger partial charge in [-0.2, -0.15) is 0 Å². The average molecular weight is 299 g/mol. The Hall–Kier alpha value is -1.81. The van der Waals surface area contributed by atoms with Crippen molar-refractivity contribution in [3.05, 3.63) is 35.6 Å². The highest BCUT2D eigenvalue weighted by molar-refractivity contribution is 5.98. The molecule has 2 aliphatic rings. The number of carbonyl (C=O) groups is 1. The lowest BCUT2D eigenvalue weighted by molar-refractivity contribution is 0.00788. The molecule has 2 aromatic rings. The second-order valence-electron chi connectivity index (χ2n) is 6.57. The van der Waals surface area contributed by atoms with Crippen molar-refractivity contribution in [1.29, 1.82) is 0 Å². The van der Waals surface area contributed by atoms with Crippen molar-refractivity contribution in [3.63, 3.8) is 0 Å². The highest BCUT2D eigenvalue weighted by atomic mass is 16.5. The predicted molar refractivity (Wildman–Crippen MR) is 83.9 cm³/mol. The van der Waals surface area contributed by atoms with Crippen LogP contribution in [0.2, 0.25) is 0 Å². The quantitative estimate of drug-likeness (QED) is 0.810. The predicted octanol–water partition coefficient (Wildman–Crippen LogP) is 3.38. The SMILES string of the molecule is Cc1c(C(=O)N2CC[C@@H]3O[C@@H](C)C[C@H]3C2)oc2ccccc12. The van der Waals surface area contributed by atoms with Crippen molar-refractivity contribution in [2.24, 2.45) is 5.92 Å². The van der Waals surface area contributed by atoms with Crippen LogP contribution in [0.25, 0.3) is 11.0 Å². The van der Waals surface area contributed by atoms with Crippen LogP contribution in [0.3, 0.4) is 0 Å². The van der Waals surface area contributed by atoms with Crippen LogP contribution in [0.5, 0.6) is 0 Å². The number of aryl methyl sites for hydroxylation is 1. The van der Waals surface area contributed by atoms with Gasteiger partial charge in [0, 0.05) is 30.0 Å². The fraction of sp³-hybridized carbons (Fsp3) is 0.500. The van der Waals surface area contributed by atoms with Crippen molar-refractivity contribution in [3.8, 4) is 0 Å². The van der Waals surface area contributed by atoms with Gasteiger partial charge in [-0.15, -0.1) is 0 Å². The Kier molecular flexibility index (Phi) is 3.22. The van der Waals surface area contributed by atoms with Gasteiger partial charge in [0.05, 0.1) is 12.2 Å². The Morgan fingerprint density at radius 3 is 2.95 bits per heavy atom. The van der Waals surface area contributed by atoms with Crippen molar-refractivity contribution < 1.29 is 13.9 Å². The number of hydrogen-bond donors (Lipinski definition) is 0. The molecule has 3 heterocycles. The van der Waals surface area contributed by atoms with Gasteiger partial charge >= 0.3 is 0 Å². The number of rotatable bonds is 1. The van der Waals surface area contributed by atoms with E-state index in [2.05, 4.69) is 6.92 Å². The standard InChI is InChI=1S/C18H21NO3/c1-11-9-13-10-19(8-7-15(13)21-11)18(20)17-12(2)14-5-3-4-6-16(14)22-17/h3-6,11,13,15H,7-10H2,1-2H3/t11-,13-,15-/m0/s1. The number of likely N-dealkylation sites (tertiary alicyclic amines) is 1. The smallest absolute Gasteiger partial charge is 0.289 e. The molecule has 4 heteroatoms. The number of carbonyl (C=O) groups excluding carboxylic acids is 1. The lowest BCUT2D eigenvalue weighted by Crippen LogP contribution is -2.44. The van der Waals surface area contributed by atoms with Crippen molar-refractivity contribution in [2.45, 2.75) is 38.9 Å². The number of para-hydroxylation sites is 1. The first-order valence-electron chi connectivity index (χ1n) is 8.06. The molecule has 0 aliphatic carbocycles. The highest BCUT2D eigenvalue weighted by Gasteiger charge is 2.39. The topological polar surface area (TPSA) is 42.7 Å². The molecular formula is C18H21NO3. The van der Waals surface area contributed by atoms with Gasteiger partial charge in [0.2, 0.25) is 0 Å². The molecule has 2 saturated heterocycles. The molecule has 1 amide bonds. The first-order chi connectivity index (χ1) is 10.6. The van der Waals surface area contributed by atoms with E-state index in [0.29, 0.717) is 23.9 Å². The molecule has 0 saturated carbocycles. The summed E-state index contributed by atoms with van der Waals surface area (Å²) in [5, 5.41) is 1.03. The van der Waals surface area contributed by atoms with Crippen LogP contribution in [0, 0.1) is 12.8 Å². The third kappa shape index (κ3) is 2.13. The molecule has 2 fully saturated rings. The van der Waals surface area contributed by atoms with Crippen LogP contribution in [0.4, 0.5) is 0 Å². The summed E-state index contributed by atoms with van der Waals surface area (Å²) in [7, 11) is 0. The number of nitrogens with zero attached hydrogens (tertiary/aromatic N) is 1. The highest BCUT2D eigenvalue weighted by Crippen LogP contribution is 2.34. The fourth-order valence-corrected chi connectivity index (χ4v) is 3.90. The van der Waals surface area contributed by atoms with Gasteiger partial charge in [0.1, 0.15) is 5.58 Å². The third-order valence-electron chi connectivity index (χ3n) is 5.03. The first kappa shape index (κ1) is 13.8. The van der Waals surface area contributed by atoms with Gasteiger partial charge in [-0.05, 0) is 32.8 Å². The Labute approximate surface area is 130 Å². The minimum Gasteiger partial charge on any atom is -0.451 e. The molecule has 22 heavy (non-hydrogen) atoms. The molecule has 0 N–H and O–H groups in total. The molecule has 0 spiro atoms. The molecule has 2 aliphatic heterocycles. The zero-order valence-electron chi connectivity index (χ0n) is 13.0. The van der Waals surface area contributed by atoms with E-state index < -0.39 is 0 Å². The summed E-state index contributed by atoms with van der Waals surface area (Å²) in [4.78, 5) is 14.8. The van der Waals surface area contributed by atoms with E-state index in [9.17, 15) is 4.79 Å². The van der Waals surface area contributed by atoms with E-state index in [-0.39, 0.29) is 5.91 Å². The number of piperidine rings is 1. The lowest BCUT2D eigenvalue weighted by atomic mass is 9.93. The van der Waals surface area contributed by atoms with Crippen molar-refractivity contribution in [2.75, 3.05) is 13.1 Å². The number of amides is 1. The van der Waals surface area contributed by atoms with Gasteiger partial charge in [-0.25, -0.2) is 0 Å². The third-order valence-corrected chi connectivity index (χ3v) is 5.03. The number of ether oxygens (including phenoxy) is 1. The summed E-state index contributed by atoms with van der Waals surface area (Å²) < 4.78 is 11.7. The molecular weight excluding hydrogens is 278 g/mol. The van der Waals surface area contributed by atoms with Crippen LogP contribution in [0.1, 0.15) is 35.9 Å². The van der Waals surface area contributed by atoms with Crippen LogP contribution >= 0.6 is 0 Å². The zero-order chi connectivity index (χ0) is 15.3. The van der Waals surface area contributed by atoms with E-state index in [1.165, 1.54) is 0 Å². The van der Waals surface area contributed by atoms with E-state index in [1.807, 2.05) is 36.1 Å². The Morgan fingerprint density at radius 2 is 2.14 bits per heavy atom. The summed E-state index contributed by atoms with van der Waals surface area (Å²) in [5.41, 5.74) is 1.73. The summed E-state index contributed by atoms with van der Waals surface area (Å²) in [6, 6.07) is 7.83. The van der Waals surface area contributed by atoms with Gasteiger partial charge in [-0.3, -0.25) is 4.79 Å². The largest absolute Gasteiger partial charge is 0.451 e. The molecule has 4 nitrogen and oxygen atoms in total. The summed E-state index contributed by atoms with van der Waals surface area (Å²) >= 11 is 0. The Balaban J connectivity index is 1.60. The second kappa shape index (κ2) is 5.13. The van der Waals surface area contributed by atoms with Crippen LogP contribution in [0.15, 0.2) is 28.7 Å². The summed E-state index contributed by atoms with van der Waals surface area (Å²) in [6.45, 7) is 5.62.